The van der Waals surface area contributed by atoms with Gasteiger partial charge in [-0.15, -0.1) is 6.58 Å². The van der Waals surface area contributed by atoms with Gasteiger partial charge in [-0.05, 0) is 6.07 Å². The van der Waals surface area contributed by atoms with Crippen LogP contribution in [0.3, 0.4) is 0 Å². The molecule has 0 spiro atoms. The van der Waals surface area contributed by atoms with Gasteiger partial charge in [-0.2, -0.15) is 0 Å². The highest BCUT2D eigenvalue weighted by Gasteiger charge is 2.31. The van der Waals surface area contributed by atoms with Crippen molar-refractivity contribution in [2.75, 3.05) is 11.4 Å². The van der Waals surface area contributed by atoms with E-state index in [0.717, 1.165) is 0 Å². The normalized spacial score (nSPS) is 19.8. The molecule has 1 aliphatic heterocycles. The lowest BCUT2D eigenvalue weighted by Gasteiger charge is -2.20. The number of para-hydroxylation sites is 1. The minimum atomic E-state index is -0.127. The highest BCUT2D eigenvalue weighted by atomic mass is 35.5. The fraction of sp³-hybridized carbons (Fsp3) is 0.308. The lowest BCUT2D eigenvalue weighted by Crippen LogP contribution is -2.26. The largest absolute Gasteiger partial charge is 0.392 e. The molecule has 2 rings (SSSR count). The summed E-state index contributed by atoms with van der Waals surface area (Å²) in [6, 6.07) is 5.27. The van der Waals surface area contributed by atoms with Crippen LogP contribution in [-0.2, 0) is 11.4 Å². The van der Waals surface area contributed by atoms with Crippen LogP contribution in [-0.4, -0.2) is 17.6 Å². The fourth-order valence-electron chi connectivity index (χ4n) is 2.10. The molecule has 17 heavy (non-hydrogen) atoms. The molecule has 0 aromatic heterocycles. The van der Waals surface area contributed by atoms with Gasteiger partial charge >= 0.3 is 0 Å². The molecule has 1 atom stereocenters. The van der Waals surface area contributed by atoms with Crippen molar-refractivity contribution in [2.45, 2.75) is 13.0 Å². The van der Waals surface area contributed by atoms with Crippen molar-refractivity contribution < 1.29 is 9.90 Å². The highest BCUT2D eigenvalue weighted by Crippen LogP contribution is 2.34. The Bertz CT molecular complexity index is 459. The molecule has 1 heterocycles. The molecule has 1 aromatic carbocycles. The van der Waals surface area contributed by atoms with E-state index in [1.807, 2.05) is 0 Å². The Hall–Kier alpha value is -1.32. The predicted octanol–water partition coefficient (Wildman–Crippen LogP) is 2.37. The van der Waals surface area contributed by atoms with Crippen molar-refractivity contribution in [1.29, 1.82) is 0 Å². The molecular formula is C13H14ClNO2. The summed E-state index contributed by atoms with van der Waals surface area (Å²) in [4.78, 5) is 13.5. The summed E-state index contributed by atoms with van der Waals surface area (Å²) in [7, 11) is 0. The monoisotopic (exact) mass is 251 g/mol. The predicted molar refractivity (Wildman–Crippen MR) is 68.0 cm³/mol. The summed E-state index contributed by atoms with van der Waals surface area (Å²) in [5, 5.41) is 9.79. The van der Waals surface area contributed by atoms with Gasteiger partial charge in [-0.1, -0.05) is 29.8 Å². The minimum Gasteiger partial charge on any atom is -0.392 e. The van der Waals surface area contributed by atoms with Gasteiger partial charge in [-0.3, -0.25) is 4.79 Å². The quantitative estimate of drug-likeness (QED) is 0.838. The standard InChI is InChI=1S/C13H14ClNO2/c1-2-9-6-12(17)15(7-9)13-10(8-16)4-3-5-11(13)14/h2-5,9,16H,1,6-8H2. The van der Waals surface area contributed by atoms with Gasteiger partial charge in [0, 0.05) is 24.4 Å². The van der Waals surface area contributed by atoms with Gasteiger partial charge in [0.2, 0.25) is 5.91 Å². The molecule has 1 amide bonds. The van der Waals surface area contributed by atoms with E-state index in [0.29, 0.717) is 29.2 Å². The van der Waals surface area contributed by atoms with E-state index in [1.54, 1.807) is 29.2 Å². The van der Waals surface area contributed by atoms with Gasteiger partial charge in [-0.25, -0.2) is 0 Å². The first-order valence-electron chi connectivity index (χ1n) is 5.48. The summed E-state index contributed by atoms with van der Waals surface area (Å²) in [6.07, 6.45) is 2.24. The van der Waals surface area contributed by atoms with Crippen molar-refractivity contribution in [1.82, 2.24) is 0 Å². The molecule has 90 valence electrons. The number of rotatable bonds is 3. The second-order valence-electron chi connectivity index (χ2n) is 4.11. The van der Waals surface area contributed by atoms with E-state index < -0.39 is 0 Å². The van der Waals surface area contributed by atoms with E-state index in [-0.39, 0.29) is 18.4 Å². The molecule has 1 saturated heterocycles. The first-order chi connectivity index (χ1) is 8.17. The molecule has 1 aliphatic rings. The molecule has 3 nitrogen and oxygen atoms in total. The molecule has 0 aliphatic carbocycles. The average molecular weight is 252 g/mol. The van der Waals surface area contributed by atoms with Gasteiger partial charge in [0.25, 0.3) is 0 Å². The summed E-state index contributed by atoms with van der Waals surface area (Å²) in [5.41, 5.74) is 1.31. The number of nitrogens with zero attached hydrogens (tertiary/aromatic N) is 1. The van der Waals surface area contributed by atoms with Crippen LogP contribution in [0.5, 0.6) is 0 Å². The Kier molecular flexibility index (Phi) is 3.50. The lowest BCUT2D eigenvalue weighted by atomic mass is 10.1. The number of anilines is 1. The second kappa shape index (κ2) is 4.90. The van der Waals surface area contributed by atoms with Crippen LogP contribution >= 0.6 is 11.6 Å². The number of benzene rings is 1. The zero-order valence-electron chi connectivity index (χ0n) is 9.40. The van der Waals surface area contributed by atoms with Crippen molar-refractivity contribution in [2.24, 2.45) is 5.92 Å². The maximum atomic E-state index is 11.9. The number of amides is 1. The molecule has 4 heteroatoms. The van der Waals surface area contributed by atoms with Gasteiger partial charge in [0.05, 0.1) is 17.3 Å². The third-order valence-corrected chi connectivity index (χ3v) is 3.30. The zero-order valence-corrected chi connectivity index (χ0v) is 10.2. The van der Waals surface area contributed by atoms with Crippen LogP contribution in [0.4, 0.5) is 5.69 Å². The molecule has 1 unspecified atom stereocenters. The SMILES string of the molecule is C=CC1CC(=O)N(c2c(Cl)cccc2CO)C1. The van der Waals surface area contributed by atoms with Gasteiger partial charge in [0.15, 0.2) is 0 Å². The number of aliphatic hydroxyl groups is 1. The highest BCUT2D eigenvalue weighted by molar-refractivity contribution is 6.34. The Morgan fingerprint density at radius 3 is 2.94 bits per heavy atom. The number of aliphatic hydroxyl groups excluding tert-OH is 1. The number of hydrogen-bond acceptors (Lipinski definition) is 2. The molecule has 0 bridgehead atoms. The van der Waals surface area contributed by atoms with Crippen molar-refractivity contribution in [3.63, 3.8) is 0 Å². The summed E-state index contributed by atoms with van der Waals surface area (Å²) in [5.74, 6) is 0.183. The summed E-state index contributed by atoms with van der Waals surface area (Å²) >= 11 is 6.11. The minimum absolute atomic E-state index is 0.0256. The number of hydrogen-bond donors (Lipinski definition) is 1. The fourth-order valence-corrected chi connectivity index (χ4v) is 2.40. The van der Waals surface area contributed by atoms with E-state index >= 15 is 0 Å². The van der Waals surface area contributed by atoms with Crippen molar-refractivity contribution in [3.05, 3.63) is 41.4 Å². The number of carbonyl (C=O) groups excluding carboxylic acids is 1. The smallest absolute Gasteiger partial charge is 0.227 e. The van der Waals surface area contributed by atoms with Gasteiger partial charge in [0.1, 0.15) is 0 Å². The van der Waals surface area contributed by atoms with E-state index in [1.165, 1.54) is 0 Å². The van der Waals surface area contributed by atoms with Crippen LogP contribution in [0.2, 0.25) is 5.02 Å². The summed E-state index contributed by atoms with van der Waals surface area (Å²) < 4.78 is 0. The molecular weight excluding hydrogens is 238 g/mol. The first-order valence-corrected chi connectivity index (χ1v) is 5.86. The van der Waals surface area contributed by atoms with E-state index in [2.05, 4.69) is 6.58 Å². The third-order valence-electron chi connectivity index (χ3n) is 3.00. The lowest BCUT2D eigenvalue weighted by molar-refractivity contribution is -0.117. The average Bonchev–Trinajstić information content (AvgIpc) is 2.70. The molecule has 0 radical (unpaired) electrons. The van der Waals surface area contributed by atoms with E-state index in [9.17, 15) is 9.90 Å². The van der Waals surface area contributed by atoms with Crippen LogP contribution in [0, 0.1) is 5.92 Å². The van der Waals surface area contributed by atoms with Crippen LogP contribution in [0.25, 0.3) is 0 Å². The molecule has 1 aromatic rings. The Balaban J connectivity index is 2.40. The van der Waals surface area contributed by atoms with Crippen LogP contribution in [0.15, 0.2) is 30.9 Å². The second-order valence-corrected chi connectivity index (χ2v) is 4.52. The first kappa shape index (κ1) is 12.1. The van der Waals surface area contributed by atoms with Crippen molar-refractivity contribution >= 4 is 23.2 Å². The molecule has 1 N–H and O–H groups in total. The van der Waals surface area contributed by atoms with Gasteiger partial charge < -0.3 is 10.0 Å². The molecule has 1 fully saturated rings. The number of halogens is 1. The maximum Gasteiger partial charge on any atom is 0.227 e. The zero-order chi connectivity index (χ0) is 12.4. The Labute approximate surface area is 105 Å². The third kappa shape index (κ3) is 2.21. The van der Waals surface area contributed by atoms with Crippen LogP contribution in [0.1, 0.15) is 12.0 Å². The van der Waals surface area contributed by atoms with Crippen LogP contribution < -0.4 is 4.90 Å². The number of carbonyl (C=O) groups is 1. The summed E-state index contributed by atoms with van der Waals surface area (Å²) in [6.45, 7) is 4.16. The Morgan fingerprint density at radius 1 is 1.59 bits per heavy atom. The van der Waals surface area contributed by atoms with E-state index in [4.69, 9.17) is 11.6 Å². The van der Waals surface area contributed by atoms with Crippen molar-refractivity contribution in [3.8, 4) is 0 Å². The maximum absolute atomic E-state index is 11.9. The molecule has 0 saturated carbocycles. The Morgan fingerprint density at radius 2 is 2.35 bits per heavy atom. The topological polar surface area (TPSA) is 40.5 Å².